The normalized spacial score (nSPS) is 11.7. The van der Waals surface area contributed by atoms with Crippen molar-refractivity contribution in [3.05, 3.63) is 23.8 Å². The predicted octanol–water partition coefficient (Wildman–Crippen LogP) is 3.53. The highest BCUT2D eigenvalue weighted by Crippen LogP contribution is 2.08. The number of alkyl halides is 1. The van der Waals surface area contributed by atoms with E-state index in [0.29, 0.717) is 5.88 Å². The van der Waals surface area contributed by atoms with Crippen LogP contribution in [0.1, 0.15) is 26.7 Å². The van der Waals surface area contributed by atoms with Gasteiger partial charge in [0.15, 0.2) is 0 Å². The first kappa shape index (κ1) is 9.77. The summed E-state index contributed by atoms with van der Waals surface area (Å²) in [5.41, 5.74) is 2.60. The molecule has 0 fully saturated rings. The highest BCUT2D eigenvalue weighted by molar-refractivity contribution is 6.18. The zero-order chi connectivity index (χ0) is 7.98. The fourth-order valence-electron chi connectivity index (χ4n) is 0.644. The number of rotatable bonds is 4. The zero-order valence-corrected chi connectivity index (χ0v) is 7.54. The van der Waals surface area contributed by atoms with Crippen LogP contribution in [0.2, 0.25) is 0 Å². The SMILES string of the molecule is C=C(C)CC/C(C)=C/CCl. The molecule has 0 rings (SSSR count). The maximum Gasteiger partial charge on any atom is 0.0406 e. The van der Waals surface area contributed by atoms with Crippen LogP contribution in [0.3, 0.4) is 0 Å². The Morgan fingerprint density at radius 3 is 2.40 bits per heavy atom. The summed E-state index contributed by atoms with van der Waals surface area (Å²) in [6.07, 6.45) is 4.23. The van der Waals surface area contributed by atoms with Gasteiger partial charge in [-0.05, 0) is 26.7 Å². The van der Waals surface area contributed by atoms with Crippen LogP contribution in [0.25, 0.3) is 0 Å². The summed E-state index contributed by atoms with van der Waals surface area (Å²) in [6.45, 7) is 7.98. The molecule has 0 saturated carbocycles. The monoisotopic (exact) mass is 158 g/mol. The third kappa shape index (κ3) is 5.90. The summed E-state index contributed by atoms with van der Waals surface area (Å²) in [5, 5.41) is 0. The molecular weight excluding hydrogens is 144 g/mol. The lowest BCUT2D eigenvalue weighted by molar-refractivity contribution is 0.926. The molecule has 0 bridgehead atoms. The van der Waals surface area contributed by atoms with Crippen LogP contribution in [0.4, 0.5) is 0 Å². The van der Waals surface area contributed by atoms with Crippen LogP contribution in [0, 0.1) is 0 Å². The van der Waals surface area contributed by atoms with E-state index in [-0.39, 0.29) is 0 Å². The molecule has 0 radical (unpaired) electrons. The van der Waals surface area contributed by atoms with Crippen molar-refractivity contribution >= 4 is 11.6 Å². The third-order valence-corrected chi connectivity index (χ3v) is 1.53. The lowest BCUT2D eigenvalue weighted by Gasteiger charge is -1.98. The molecule has 10 heavy (non-hydrogen) atoms. The minimum absolute atomic E-state index is 0.627. The highest BCUT2D eigenvalue weighted by Gasteiger charge is 1.89. The van der Waals surface area contributed by atoms with Crippen LogP contribution in [-0.2, 0) is 0 Å². The molecule has 0 atom stereocenters. The van der Waals surface area contributed by atoms with Crippen LogP contribution in [0.15, 0.2) is 23.8 Å². The second-order valence-corrected chi connectivity index (χ2v) is 2.97. The molecule has 0 amide bonds. The average molecular weight is 159 g/mol. The third-order valence-electron chi connectivity index (χ3n) is 1.37. The van der Waals surface area contributed by atoms with E-state index in [0.717, 1.165) is 12.8 Å². The van der Waals surface area contributed by atoms with E-state index in [2.05, 4.69) is 13.5 Å². The van der Waals surface area contributed by atoms with Crippen molar-refractivity contribution in [2.75, 3.05) is 5.88 Å². The smallest absolute Gasteiger partial charge is 0.0406 e. The van der Waals surface area contributed by atoms with Crippen molar-refractivity contribution in [3.63, 3.8) is 0 Å². The van der Waals surface area contributed by atoms with Crippen molar-refractivity contribution in [2.45, 2.75) is 26.7 Å². The van der Waals surface area contributed by atoms with Gasteiger partial charge in [0.2, 0.25) is 0 Å². The molecule has 0 aromatic heterocycles. The van der Waals surface area contributed by atoms with Gasteiger partial charge in [-0.25, -0.2) is 0 Å². The second kappa shape index (κ2) is 5.55. The maximum absolute atomic E-state index is 5.51. The van der Waals surface area contributed by atoms with E-state index < -0.39 is 0 Å². The van der Waals surface area contributed by atoms with Gasteiger partial charge in [-0.3, -0.25) is 0 Å². The van der Waals surface area contributed by atoms with Crippen LogP contribution >= 0.6 is 11.6 Å². The molecule has 0 aromatic carbocycles. The van der Waals surface area contributed by atoms with Crippen molar-refractivity contribution < 1.29 is 0 Å². The Balaban J connectivity index is 3.48. The quantitative estimate of drug-likeness (QED) is 0.434. The lowest BCUT2D eigenvalue weighted by atomic mass is 10.1. The molecular formula is C9H15Cl. The summed E-state index contributed by atoms with van der Waals surface area (Å²) in [7, 11) is 0. The molecule has 0 aliphatic rings. The fourth-order valence-corrected chi connectivity index (χ4v) is 0.908. The van der Waals surface area contributed by atoms with Gasteiger partial charge >= 0.3 is 0 Å². The summed E-state index contributed by atoms with van der Waals surface area (Å²) >= 11 is 5.51. The van der Waals surface area contributed by atoms with E-state index in [1.807, 2.05) is 13.0 Å². The maximum atomic E-state index is 5.51. The van der Waals surface area contributed by atoms with Crippen LogP contribution in [0.5, 0.6) is 0 Å². The molecule has 0 N–H and O–H groups in total. The second-order valence-electron chi connectivity index (χ2n) is 2.66. The standard InChI is InChI=1S/C9H15Cl/c1-8(2)4-5-9(3)6-7-10/h6H,1,4-5,7H2,2-3H3/b9-6+. The number of allylic oxidation sites excluding steroid dienone is 3. The van der Waals surface area contributed by atoms with Crippen LogP contribution in [-0.4, -0.2) is 5.88 Å². The Kier molecular flexibility index (Phi) is 5.42. The minimum Gasteiger partial charge on any atom is -0.122 e. The molecule has 0 aliphatic heterocycles. The topological polar surface area (TPSA) is 0 Å². The van der Waals surface area contributed by atoms with E-state index >= 15 is 0 Å². The summed E-state index contributed by atoms with van der Waals surface area (Å²) in [5.74, 6) is 0.627. The lowest BCUT2D eigenvalue weighted by Crippen LogP contribution is -1.79. The first-order chi connectivity index (χ1) is 4.66. The molecule has 0 aromatic rings. The van der Waals surface area contributed by atoms with Crippen molar-refractivity contribution in [3.8, 4) is 0 Å². The van der Waals surface area contributed by atoms with Gasteiger partial charge in [0.25, 0.3) is 0 Å². The Hall–Kier alpha value is -0.230. The largest absolute Gasteiger partial charge is 0.122 e. The van der Waals surface area contributed by atoms with Gasteiger partial charge in [0.05, 0.1) is 0 Å². The summed E-state index contributed by atoms with van der Waals surface area (Å²) < 4.78 is 0. The molecule has 1 heteroatoms. The van der Waals surface area contributed by atoms with Gasteiger partial charge in [0, 0.05) is 5.88 Å². The molecule has 0 aliphatic carbocycles. The van der Waals surface area contributed by atoms with Gasteiger partial charge in [0.1, 0.15) is 0 Å². The van der Waals surface area contributed by atoms with Gasteiger partial charge in [-0.1, -0.05) is 17.2 Å². The van der Waals surface area contributed by atoms with Crippen molar-refractivity contribution in [1.29, 1.82) is 0 Å². The van der Waals surface area contributed by atoms with Gasteiger partial charge < -0.3 is 0 Å². The predicted molar refractivity (Wildman–Crippen MR) is 48.5 cm³/mol. The molecule has 0 nitrogen and oxygen atoms in total. The molecule has 0 saturated heterocycles. The van der Waals surface area contributed by atoms with E-state index in [4.69, 9.17) is 11.6 Å². The van der Waals surface area contributed by atoms with Gasteiger partial charge in [-0.15, -0.1) is 18.2 Å². The highest BCUT2D eigenvalue weighted by atomic mass is 35.5. The Morgan fingerprint density at radius 1 is 1.40 bits per heavy atom. The van der Waals surface area contributed by atoms with Crippen LogP contribution < -0.4 is 0 Å². The van der Waals surface area contributed by atoms with Crippen molar-refractivity contribution in [2.24, 2.45) is 0 Å². The number of hydrogen-bond donors (Lipinski definition) is 0. The first-order valence-corrected chi connectivity index (χ1v) is 4.06. The molecule has 0 spiro atoms. The molecule has 0 unspecified atom stereocenters. The van der Waals surface area contributed by atoms with Crippen molar-refractivity contribution in [1.82, 2.24) is 0 Å². The van der Waals surface area contributed by atoms with E-state index in [1.54, 1.807) is 0 Å². The Labute approximate surface area is 68.6 Å². The molecule has 58 valence electrons. The Bertz CT molecular complexity index is 134. The first-order valence-electron chi connectivity index (χ1n) is 3.52. The number of halogens is 1. The fraction of sp³-hybridized carbons (Fsp3) is 0.556. The summed E-state index contributed by atoms with van der Waals surface area (Å²) in [6, 6.07) is 0. The average Bonchev–Trinajstić information content (AvgIpc) is 1.85. The minimum atomic E-state index is 0.627. The Morgan fingerprint density at radius 2 is 2.00 bits per heavy atom. The summed E-state index contributed by atoms with van der Waals surface area (Å²) in [4.78, 5) is 0. The van der Waals surface area contributed by atoms with E-state index in [9.17, 15) is 0 Å². The van der Waals surface area contributed by atoms with Gasteiger partial charge in [-0.2, -0.15) is 0 Å². The van der Waals surface area contributed by atoms with E-state index in [1.165, 1.54) is 11.1 Å². The molecule has 0 heterocycles. The zero-order valence-electron chi connectivity index (χ0n) is 6.78. The number of hydrogen-bond acceptors (Lipinski definition) is 0.